The summed E-state index contributed by atoms with van der Waals surface area (Å²) in [6.07, 6.45) is 3.49. The number of hydrogen-bond acceptors (Lipinski definition) is 5. The van der Waals surface area contributed by atoms with Gasteiger partial charge >= 0.3 is 12.1 Å². The van der Waals surface area contributed by atoms with E-state index in [-0.39, 0.29) is 37.6 Å². The lowest BCUT2D eigenvalue weighted by Gasteiger charge is -2.42. The molecule has 2 rings (SSSR count). The zero-order chi connectivity index (χ0) is 21.7. The minimum Gasteiger partial charge on any atom is -0.450 e. The number of amides is 5. The van der Waals surface area contributed by atoms with Crippen LogP contribution >= 0.6 is 0 Å². The van der Waals surface area contributed by atoms with Crippen molar-refractivity contribution in [2.45, 2.75) is 65.3 Å². The van der Waals surface area contributed by atoms with Gasteiger partial charge in [0.15, 0.2) is 0 Å². The quantitative estimate of drug-likeness (QED) is 0.416. The number of imide groups is 1. The van der Waals surface area contributed by atoms with E-state index in [9.17, 15) is 19.2 Å². The van der Waals surface area contributed by atoms with Crippen molar-refractivity contribution in [1.82, 2.24) is 20.9 Å². The Morgan fingerprint density at radius 2 is 1.79 bits per heavy atom. The van der Waals surface area contributed by atoms with Crippen molar-refractivity contribution < 1.29 is 23.9 Å². The van der Waals surface area contributed by atoms with Gasteiger partial charge in [-0.3, -0.25) is 14.5 Å². The standard InChI is InChI=1S/C20H34N4O5/c1-5-19(3,4)14-7-9-20(10-8-14)16(26)24(17(27)23-20)13-15(25)21-11-12-22-18(28)29-6-2/h14H,5-13H2,1-4H3,(H,21,25)(H,22,28)(H,23,27). The summed E-state index contributed by atoms with van der Waals surface area (Å²) < 4.78 is 4.72. The Morgan fingerprint density at radius 3 is 2.38 bits per heavy atom. The van der Waals surface area contributed by atoms with Gasteiger partial charge in [-0.2, -0.15) is 0 Å². The predicted molar refractivity (Wildman–Crippen MR) is 107 cm³/mol. The Kier molecular flexibility index (Phi) is 7.48. The van der Waals surface area contributed by atoms with Gasteiger partial charge in [0.1, 0.15) is 12.1 Å². The van der Waals surface area contributed by atoms with Gasteiger partial charge in [0, 0.05) is 13.1 Å². The zero-order valence-electron chi connectivity index (χ0n) is 17.9. The number of alkyl carbamates (subject to hydrolysis) is 1. The number of rotatable bonds is 8. The average molecular weight is 411 g/mol. The summed E-state index contributed by atoms with van der Waals surface area (Å²) in [4.78, 5) is 49.6. The van der Waals surface area contributed by atoms with Crippen LogP contribution in [0.25, 0.3) is 0 Å². The molecule has 0 aromatic carbocycles. The third kappa shape index (κ3) is 5.39. The third-order valence-corrected chi connectivity index (χ3v) is 6.40. The molecule has 0 bridgehead atoms. The van der Waals surface area contributed by atoms with Crippen LogP contribution in [-0.4, -0.2) is 60.6 Å². The molecule has 0 unspecified atom stereocenters. The molecule has 1 aliphatic carbocycles. The first-order valence-corrected chi connectivity index (χ1v) is 10.5. The van der Waals surface area contributed by atoms with Gasteiger partial charge in [-0.15, -0.1) is 0 Å². The third-order valence-electron chi connectivity index (χ3n) is 6.40. The summed E-state index contributed by atoms with van der Waals surface area (Å²) in [6, 6.07) is -0.511. The first kappa shape index (κ1) is 23.0. The van der Waals surface area contributed by atoms with E-state index in [1.165, 1.54) is 0 Å². The molecule has 3 N–H and O–H groups in total. The number of carbonyl (C=O) groups is 4. The lowest BCUT2D eigenvalue weighted by molar-refractivity contribution is -0.136. The SMILES string of the molecule is CCOC(=O)NCCNC(=O)CN1C(=O)NC2(CCC(C(C)(C)CC)CC2)C1=O. The van der Waals surface area contributed by atoms with Crippen LogP contribution in [0, 0.1) is 11.3 Å². The Hall–Kier alpha value is -2.32. The van der Waals surface area contributed by atoms with E-state index >= 15 is 0 Å². The predicted octanol–water partition coefficient (Wildman–Crippen LogP) is 1.77. The molecule has 0 aromatic rings. The van der Waals surface area contributed by atoms with Crippen molar-refractivity contribution in [2.24, 2.45) is 11.3 Å². The second kappa shape index (κ2) is 9.45. The summed E-state index contributed by atoms with van der Waals surface area (Å²) in [5, 5.41) is 7.92. The van der Waals surface area contributed by atoms with E-state index in [1.807, 2.05) is 0 Å². The second-order valence-electron chi connectivity index (χ2n) is 8.52. The molecule has 5 amide bonds. The Bertz CT molecular complexity index is 641. The molecule has 1 spiro atoms. The molecule has 1 heterocycles. The van der Waals surface area contributed by atoms with E-state index < -0.39 is 23.6 Å². The van der Waals surface area contributed by atoms with Crippen molar-refractivity contribution in [1.29, 1.82) is 0 Å². The maximum atomic E-state index is 12.9. The average Bonchev–Trinajstić information content (AvgIpc) is 2.90. The van der Waals surface area contributed by atoms with Gasteiger partial charge in [-0.25, -0.2) is 9.59 Å². The first-order valence-electron chi connectivity index (χ1n) is 10.5. The summed E-state index contributed by atoms with van der Waals surface area (Å²) in [5.41, 5.74) is -0.659. The maximum Gasteiger partial charge on any atom is 0.407 e. The molecule has 29 heavy (non-hydrogen) atoms. The lowest BCUT2D eigenvalue weighted by Crippen LogP contribution is -2.51. The topological polar surface area (TPSA) is 117 Å². The minimum atomic E-state index is -0.872. The van der Waals surface area contributed by atoms with Crippen molar-refractivity contribution in [3.63, 3.8) is 0 Å². The van der Waals surface area contributed by atoms with Crippen LogP contribution in [0.3, 0.4) is 0 Å². The van der Waals surface area contributed by atoms with Gasteiger partial charge in [-0.1, -0.05) is 27.2 Å². The van der Waals surface area contributed by atoms with E-state index in [0.717, 1.165) is 24.2 Å². The summed E-state index contributed by atoms with van der Waals surface area (Å²) in [5.74, 6) is -0.237. The minimum absolute atomic E-state index is 0.181. The largest absolute Gasteiger partial charge is 0.450 e. The molecule has 1 saturated heterocycles. The van der Waals surface area contributed by atoms with Crippen LogP contribution < -0.4 is 16.0 Å². The van der Waals surface area contributed by atoms with Gasteiger partial charge in [0.2, 0.25) is 5.91 Å². The van der Waals surface area contributed by atoms with Crippen LogP contribution in [0.5, 0.6) is 0 Å². The lowest BCUT2D eigenvalue weighted by atomic mass is 9.65. The Labute approximate surface area is 172 Å². The fourth-order valence-electron chi connectivity index (χ4n) is 4.09. The van der Waals surface area contributed by atoms with Gasteiger partial charge in [-0.05, 0) is 43.9 Å². The number of ether oxygens (including phenoxy) is 1. The van der Waals surface area contributed by atoms with Crippen LogP contribution in [0.2, 0.25) is 0 Å². The highest BCUT2D eigenvalue weighted by Gasteiger charge is 2.53. The number of hydrogen-bond donors (Lipinski definition) is 3. The molecule has 0 radical (unpaired) electrons. The molecule has 2 aliphatic rings. The fourth-order valence-corrected chi connectivity index (χ4v) is 4.09. The van der Waals surface area contributed by atoms with E-state index in [2.05, 4.69) is 36.7 Å². The second-order valence-corrected chi connectivity index (χ2v) is 8.52. The van der Waals surface area contributed by atoms with Crippen molar-refractivity contribution in [3.05, 3.63) is 0 Å². The number of nitrogens with zero attached hydrogens (tertiary/aromatic N) is 1. The van der Waals surface area contributed by atoms with Gasteiger partial charge < -0.3 is 20.7 Å². The Morgan fingerprint density at radius 1 is 1.17 bits per heavy atom. The first-order chi connectivity index (χ1) is 13.6. The molecule has 164 valence electrons. The fraction of sp³-hybridized carbons (Fsp3) is 0.800. The van der Waals surface area contributed by atoms with Crippen molar-refractivity contribution >= 4 is 23.9 Å². The molecule has 0 aromatic heterocycles. The number of urea groups is 1. The molecule has 1 aliphatic heterocycles. The normalized spacial score (nSPS) is 24.4. The zero-order valence-corrected chi connectivity index (χ0v) is 17.9. The van der Waals surface area contributed by atoms with Gasteiger partial charge in [0.25, 0.3) is 5.91 Å². The number of nitrogens with one attached hydrogen (secondary N) is 3. The summed E-state index contributed by atoms with van der Waals surface area (Å²) >= 11 is 0. The highest BCUT2D eigenvalue weighted by molar-refractivity contribution is 6.09. The summed E-state index contributed by atoms with van der Waals surface area (Å²) in [6.45, 7) is 8.69. The van der Waals surface area contributed by atoms with Crippen molar-refractivity contribution in [2.75, 3.05) is 26.2 Å². The molecular formula is C20H34N4O5. The summed E-state index contributed by atoms with van der Waals surface area (Å²) in [7, 11) is 0. The molecule has 1 saturated carbocycles. The van der Waals surface area contributed by atoms with Crippen LogP contribution in [0.4, 0.5) is 9.59 Å². The molecule has 9 heteroatoms. The van der Waals surface area contributed by atoms with E-state index in [1.54, 1.807) is 6.92 Å². The van der Waals surface area contributed by atoms with Crippen LogP contribution in [0.15, 0.2) is 0 Å². The Balaban J connectivity index is 1.83. The van der Waals surface area contributed by atoms with Crippen LogP contribution in [0.1, 0.15) is 59.8 Å². The van der Waals surface area contributed by atoms with Crippen LogP contribution in [-0.2, 0) is 14.3 Å². The number of carbonyl (C=O) groups excluding carboxylic acids is 4. The smallest absolute Gasteiger partial charge is 0.407 e. The monoisotopic (exact) mass is 410 g/mol. The molecule has 9 nitrogen and oxygen atoms in total. The van der Waals surface area contributed by atoms with Crippen molar-refractivity contribution in [3.8, 4) is 0 Å². The molecular weight excluding hydrogens is 376 g/mol. The van der Waals surface area contributed by atoms with Gasteiger partial charge in [0.05, 0.1) is 6.61 Å². The molecule has 0 atom stereocenters. The van der Waals surface area contributed by atoms with E-state index in [0.29, 0.717) is 18.8 Å². The highest BCUT2D eigenvalue weighted by atomic mass is 16.5. The maximum absolute atomic E-state index is 12.9. The van der Waals surface area contributed by atoms with E-state index in [4.69, 9.17) is 4.74 Å². The molecule has 2 fully saturated rings. The highest BCUT2D eigenvalue weighted by Crippen LogP contribution is 2.45.